The minimum Gasteiger partial charge on any atom is -0.306 e. The first-order valence-electron chi connectivity index (χ1n) is 9.08. The topological polar surface area (TPSA) is 84.3 Å². The molecule has 0 unspecified atom stereocenters. The molecule has 1 aromatic heterocycles. The van der Waals surface area contributed by atoms with Gasteiger partial charge in [-0.15, -0.1) is 0 Å². The first-order valence-corrected chi connectivity index (χ1v) is 11.1. The van der Waals surface area contributed by atoms with Crippen LogP contribution in [0.5, 0.6) is 0 Å². The van der Waals surface area contributed by atoms with Crippen LogP contribution in [0.1, 0.15) is 22.5 Å². The van der Waals surface area contributed by atoms with Crippen LogP contribution in [0.3, 0.4) is 0 Å². The highest BCUT2D eigenvalue weighted by atomic mass is 35.5. The Hall–Kier alpha value is -2.84. The number of sulfonamides is 1. The van der Waals surface area contributed by atoms with Crippen molar-refractivity contribution in [2.75, 3.05) is 21.9 Å². The van der Waals surface area contributed by atoms with E-state index in [1.54, 1.807) is 47.1 Å². The van der Waals surface area contributed by atoms with Crippen molar-refractivity contribution in [3.8, 4) is 5.69 Å². The molecule has 0 radical (unpaired) electrons. The molecule has 3 aromatic rings. The summed E-state index contributed by atoms with van der Waals surface area (Å²) in [5, 5.41) is 7.85. The van der Waals surface area contributed by atoms with Gasteiger partial charge in [0.05, 0.1) is 22.8 Å². The SMILES string of the molecule is Cc1cc(NC(=O)c2ccc(N3CCCS3(=O)=O)cc2)n(-c2cccc(Cl)c2)n1. The number of nitrogens with one attached hydrogen (secondary N) is 1. The molecule has 0 bridgehead atoms. The van der Waals surface area contributed by atoms with Gasteiger partial charge in [0.25, 0.3) is 5.91 Å². The van der Waals surface area contributed by atoms with Crippen molar-refractivity contribution < 1.29 is 13.2 Å². The second-order valence-electron chi connectivity index (χ2n) is 6.81. The lowest BCUT2D eigenvalue weighted by molar-refractivity contribution is 0.102. The second kappa shape index (κ2) is 7.53. The molecule has 2 aromatic carbocycles. The van der Waals surface area contributed by atoms with Crippen molar-refractivity contribution in [2.24, 2.45) is 0 Å². The van der Waals surface area contributed by atoms with Crippen molar-refractivity contribution in [3.05, 3.63) is 70.9 Å². The number of aryl methyl sites for hydroxylation is 1. The van der Waals surface area contributed by atoms with Crippen LogP contribution in [0.4, 0.5) is 11.5 Å². The molecule has 4 rings (SSSR count). The summed E-state index contributed by atoms with van der Waals surface area (Å²) in [7, 11) is -3.25. The molecular weight excluding hydrogens is 412 g/mol. The largest absolute Gasteiger partial charge is 0.306 e. The van der Waals surface area contributed by atoms with Crippen LogP contribution >= 0.6 is 11.6 Å². The minimum atomic E-state index is -3.25. The Morgan fingerprint density at radius 1 is 1.10 bits per heavy atom. The zero-order valence-electron chi connectivity index (χ0n) is 15.7. The fourth-order valence-corrected chi connectivity index (χ4v) is 5.04. The summed E-state index contributed by atoms with van der Waals surface area (Å²) in [6, 6.07) is 15.5. The molecule has 1 saturated heterocycles. The second-order valence-corrected chi connectivity index (χ2v) is 9.25. The Kier molecular flexibility index (Phi) is 5.06. The Labute approximate surface area is 174 Å². The van der Waals surface area contributed by atoms with Crippen LogP contribution in [-0.4, -0.2) is 36.4 Å². The third-order valence-corrected chi connectivity index (χ3v) is 6.75. The van der Waals surface area contributed by atoms with Crippen molar-refractivity contribution in [1.29, 1.82) is 0 Å². The highest BCUT2D eigenvalue weighted by molar-refractivity contribution is 7.93. The summed E-state index contributed by atoms with van der Waals surface area (Å²) in [4.78, 5) is 12.7. The average Bonchev–Trinajstić information content (AvgIpc) is 3.23. The summed E-state index contributed by atoms with van der Waals surface area (Å²) in [6.45, 7) is 2.30. The minimum absolute atomic E-state index is 0.155. The summed E-state index contributed by atoms with van der Waals surface area (Å²) < 4.78 is 27.1. The maximum Gasteiger partial charge on any atom is 0.256 e. The van der Waals surface area contributed by atoms with E-state index in [1.165, 1.54) is 4.31 Å². The third kappa shape index (κ3) is 3.99. The highest BCUT2D eigenvalue weighted by Crippen LogP contribution is 2.25. The fraction of sp³-hybridized carbons (Fsp3) is 0.200. The Morgan fingerprint density at radius 3 is 2.52 bits per heavy atom. The molecule has 29 heavy (non-hydrogen) atoms. The molecule has 150 valence electrons. The standard InChI is InChI=1S/C20H19ClN4O3S/c1-14-12-19(25(23-14)18-5-2-4-16(21)13-18)22-20(26)15-6-8-17(9-7-15)24-10-3-11-29(24,27)28/h2,4-9,12-13H,3,10-11H2,1H3,(H,22,26). The highest BCUT2D eigenvalue weighted by Gasteiger charge is 2.28. The number of aromatic nitrogens is 2. The molecule has 1 N–H and O–H groups in total. The number of carbonyl (C=O) groups excluding carboxylic acids is 1. The number of benzene rings is 2. The fourth-order valence-electron chi connectivity index (χ4n) is 3.29. The van der Waals surface area contributed by atoms with Gasteiger partial charge in [0, 0.05) is 23.2 Å². The van der Waals surface area contributed by atoms with Crippen molar-refractivity contribution in [3.63, 3.8) is 0 Å². The van der Waals surface area contributed by atoms with Gasteiger partial charge in [-0.25, -0.2) is 13.1 Å². The number of carbonyl (C=O) groups is 1. The average molecular weight is 431 g/mol. The number of halogens is 1. The summed E-state index contributed by atoms with van der Waals surface area (Å²) in [6.07, 6.45) is 0.609. The molecule has 1 amide bonds. The van der Waals surface area contributed by atoms with Gasteiger partial charge in [0.15, 0.2) is 0 Å². The summed E-state index contributed by atoms with van der Waals surface area (Å²) in [5.74, 6) is 0.354. The number of amides is 1. The molecular formula is C20H19ClN4O3S. The predicted molar refractivity (Wildman–Crippen MR) is 113 cm³/mol. The lowest BCUT2D eigenvalue weighted by Gasteiger charge is -2.17. The summed E-state index contributed by atoms with van der Waals surface area (Å²) >= 11 is 6.07. The van der Waals surface area contributed by atoms with E-state index in [9.17, 15) is 13.2 Å². The van der Waals surface area contributed by atoms with Crippen LogP contribution in [0, 0.1) is 6.92 Å². The van der Waals surface area contributed by atoms with Gasteiger partial charge in [-0.1, -0.05) is 17.7 Å². The van der Waals surface area contributed by atoms with Crippen LogP contribution in [0.2, 0.25) is 5.02 Å². The van der Waals surface area contributed by atoms with Gasteiger partial charge in [0.2, 0.25) is 10.0 Å². The number of hydrogen-bond acceptors (Lipinski definition) is 4. The molecule has 7 nitrogen and oxygen atoms in total. The molecule has 0 atom stereocenters. The van der Waals surface area contributed by atoms with E-state index in [4.69, 9.17) is 11.6 Å². The number of anilines is 2. The van der Waals surface area contributed by atoms with E-state index in [-0.39, 0.29) is 11.7 Å². The lowest BCUT2D eigenvalue weighted by atomic mass is 10.2. The van der Waals surface area contributed by atoms with E-state index < -0.39 is 10.0 Å². The van der Waals surface area contributed by atoms with Crippen molar-refractivity contribution in [2.45, 2.75) is 13.3 Å². The van der Waals surface area contributed by atoms with E-state index in [0.717, 1.165) is 11.4 Å². The zero-order valence-corrected chi connectivity index (χ0v) is 17.2. The van der Waals surface area contributed by atoms with Gasteiger partial charge in [-0.2, -0.15) is 5.10 Å². The molecule has 2 heterocycles. The Balaban J connectivity index is 1.56. The molecule has 9 heteroatoms. The van der Waals surface area contributed by atoms with Crippen LogP contribution < -0.4 is 9.62 Å². The third-order valence-electron chi connectivity index (χ3n) is 4.64. The maximum atomic E-state index is 12.7. The van der Waals surface area contributed by atoms with Crippen LogP contribution in [-0.2, 0) is 10.0 Å². The Bertz CT molecular complexity index is 1170. The molecule has 1 aliphatic heterocycles. The predicted octanol–water partition coefficient (Wildman–Crippen LogP) is 3.63. The van der Waals surface area contributed by atoms with E-state index in [2.05, 4.69) is 10.4 Å². The number of nitrogens with zero attached hydrogens (tertiary/aromatic N) is 3. The first-order chi connectivity index (χ1) is 13.8. The van der Waals surface area contributed by atoms with E-state index >= 15 is 0 Å². The monoisotopic (exact) mass is 430 g/mol. The van der Waals surface area contributed by atoms with Crippen molar-refractivity contribution >= 4 is 39.0 Å². The van der Waals surface area contributed by atoms with Gasteiger partial charge in [-0.05, 0) is 55.8 Å². The molecule has 0 spiro atoms. The molecule has 0 aliphatic carbocycles. The normalized spacial score (nSPS) is 15.4. The van der Waals surface area contributed by atoms with E-state index in [0.29, 0.717) is 35.1 Å². The van der Waals surface area contributed by atoms with Crippen LogP contribution in [0.15, 0.2) is 54.6 Å². The molecule has 1 aliphatic rings. The zero-order chi connectivity index (χ0) is 20.6. The van der Waals surface area contributed by atoms with Crippen LogP contribution in [0.25, 0.3) is 5.69 Å². The van der Waals surface area contributed by atoms with E-state index in [1.807, 2.05) is 19.1 Å². The molecule has 1 fully saturated rings. The van der Waals surface area contributed by atoms with Gasteiger partial charge in [0.1, 0.15) is 5.82 Å². The maximum absolute atomic E-state index is 12.7. The summed E-state index contributed by atoms with van der Waals surface area (Å²) in [5.41, 5.74) is 2.46. The number of rotatable bonds is 4. The Morgan fingerprint density at radius 2 is 1.86 bits per heavy atom. The lowest BCUT2D eigenvalue weighted by Crippen LogP contribution is -2.25. The molecule has 0 saturated carbocycles. The van der Waals surface area contributed by atoms with Gasteiger partial charge in [-0.3, -0.25) is 9.10 Å². The quantitative estimate of drug-likeness (QED) is 0.685. The first kappa shape index (κ1) is 19.5. The van der Waals surface area contributed by atoms with Gasteiger partial charge < -0.3 is 5.32 Å². The van der Waals surface area contributed by atoms with Crippen molar-refractivity contribution in [1.82, 2.24) is 9.78 Å². The smallest absolute Gasteiger partial charge is 0.256 e. The van der Waals surface area contributed by atoms with Gasteiger partial charge >= 0.3 is 0 Å². The number of hydrogen-bond donors (Lipinski definition) is 1.